The zero-order valence-corrected chi connectivity index (χ0v) is 16.2. The lowest BCUT2D eigenvalue weighted by Crippen LogP contribution is -2.11. The van der Waals surface area contributed by atoms with Crippen molar-refractivity contribution in [3.8, 4) is 21.7 Å². The first-order chi connectivity index (χ1) is 14.5. The van der Waals surface area contributed by atoms with E-state index in [4.69, 9.17) is 0 Å². The molecule has 0 unspecified atom stereocenters. The van der Waals surface area contributed by atoms with Crippen molar-refractivity contribution in [3.63, 3.8) is 0 Å². The highest BCUT2D eigenvalue weighted by Crippen LogP contribution is 2.39. The van der Waals surface area contributed by atoms with Crippen LogP contribution >= 0.6 is 11.3 Å². The van der Waals surface area contributed by atoms with E-state index in [1.165, 1.54) is 47.7 Å². The van der Waals surface area contributed by atoms with Crippen molar-refractivity contribution in [2.45, 2.75) is 0 Å². The van der Waals surface area contributed by atoms with Crippen LogP contribution in [0, 0.1) is 15.9 Å². The van der Waals surface area contributed by atoms with Gasteiger partial charge < -0.3 is 0 Å². The van der Waals surface area contributed by atoms with Crippen molar-refractivity contribution in [3.05, 3.63) is 100 Å². The van der Waals surface area contributed by atoms with Crippen LogP contribution in [0.1, 0.15) is 10.4 Å². The standard InChI is InChI=1S/C22H14FN3O3S/c23-17-11-9-14(10-12-17)19-20(15-5-2-1-3-6-15)30-22(24-19)25-21(27)16-7-4-8-18(13-16)26(28)29/h1-13H,(H,24,25,27). The Balaban J connectivity index is 1.71. The summed E-state index contributed by atoms with van der Waals surface area (Å²) in [5, 5.41) is 14.0. The van der Waals surface area contributed by atoms with Gasteiger partial charge in [-0.3, -0.25) is 20.2 Å². The third kappa shape index (κ3) is 4.08. The van der Waals surface area contributed by atoms with Gasteiger partial charge in [-0.25, -0.2) is 9.37 Å². The average Bonchev–Trinajstić information content (AvgIpc) is 3.18. The smallest absolute Gasteiger partial charge is 0.270 e. The molecule has 0 atom stereocenters. The van der Waals surface area contributed by atoms with Crippen LogP contribution in [0.25, 0.3) is 21.7 Å². The number of halogens is 1. The summed E-state index contributed by atoms with van der Waals surface area (Å²) in [5.74, 6) is -0.854. The molecule has 0 aliphatic heterocycles. The van der Waals surface area contributed by atoms with Gasteiger partial charge in [-0.1, -0.05) is 47.7 Å². The number of nitro benzene ring substituents is 1. The second kappa shape index (κ2) is 8.22. The SMILES string of the molecule is O=C(Nc1nc(-c2ccc(F)cc2)c(-c2ccccc2)s1)c1cccc([N+](=O)[O-])c1. The highest BCUT2D eigenvalue weighted by molar-refractivity contribution is 7.19. The van der Waals surface area contributed by atoms with Crippen LogP contribution in [0.15, 0.2) is 78.9 Å². The minimum Gasteiger partial charge on any atom is -0.298 e. The molecule has 3 aromatic carbocycles. The number of nitrogens with zero attached hydrogens (tertiary/aromatic N) is 2. The van der Waals surface area contributed by atoms with E-state index in [0.717, 1.165) is 10.4 Å². The van der Waals surface area contributed by atoms with E-state index in [2.05, 4.69) is 10.3 Å². The quantitative estimate of drug-likeness (QED) is 0.328. The maximum absolute atomic E-state index is 13.4. The molecule has 8 heteroatoms. The summed E-state index contributed by atoms with van der Waals surface area (Å²) < 4.78 is 13.4. The molecule has 1 N–H and O–H groups in total. The number of thiazole rings is 1. The van der Waals surface area contributed by atoms with Crippen molar-refractivity contribution in [1.82, 2.24) is 4.98 Å². The molecule has 0 bridgehead atoms. The molecule has 0 spiro atoms. The van der Waals surface area contributed by atoms with Gasteiger partial charge in [0.1, 0.15) is 5.82 Å². The minimum absolute atomic E-state index is 0.156. The second-order valence-corrected chi connectivity index (χ2v) is 7.33. The van der Waals surface area contributed by atoms with Crippen molar-refractivity contribution in [1.29, 1.82) is 0 Å². The molecular formula is C22H14FN3O3S. The van der Waals surface area contributed by atoms with Gasteiger partial charge in [0.05, 0.1) is 15.5 Å². The Morgan fingerprint density at radius 2 is 1.70 bits per heavy atom. The molecule has 6 nitrogen and oxygen atoms in total. The van der Waals surface area contributed by atoms with E-state index in [1.807, 2.05) is 30.3 Å². The summed E-state index contributed by atoms with van der Waals surface area (Å²) in [4.78, 5) is 28.4. The first kappa shape index (κ1) is 19.4. The number of amides is 1. The number of anilines is 1. The molecule has 0 aliphatic carbocycles. The normalized spacial score (nSPS) is 10.6. The molecule has 1 amide bonds. The first-order valence-corrected chi connectivity index (χ1v) is 9.71. The third-order valence-corrected chi connectivity index (χ3v) is 5.34. The van der Waals surface area contributed by atoms with Crippen molar-refractivity contribution < 1.29 is 14.1 Å². The third-order valence-electron chi connectivity index (χ3n) is 4.32. The van der Waals surface area contributed by atoms with E-state index in [-0.39, 0.29) is 17.1 Å². The predicted molar refractivity (Wildman–Crippen MR) is 114 cm³/mol. The van der Waals surface area contributed by atoms with Crippen LogP contribution in [0.5, 0.6) is 0 Å². The van der Waals surface area contributed by atoms with Crippen LogP contribution < -0.4 is 5.32 Å². The molecule has 1 aromatic heterocycles. The van der Waals surface area contributed by atoms with E-state index in [1.54, 1.807) is 12.1 Å². The molecule has 0 saturated carbocycles. The number of benzene rings is 3. The zero-order valence-electron chi connectivity index (χ0n) is 15.4. The largest absolute Gasteiger partial charge is 0.298 e. The summed E-state index contributed by atoms with van der Waals surface area (Å²) in [6, 6.07) is 21.0. The number of nitro groups is 1. The number of carbonyl (C=O) groups is 1. The number of hydrogen-bond acceptors (Lipinski definition) is 5. The lowest BCUT2D eigenvalue weighted by molar-refractivity contribution is -0.384. The van der Waals surface area contributed by atoms with Gasteiger partial charge >= 0.3 is 0 Å². The van der Waals surface area contributed by atoms with Crippen molar-refractivity contribution >= 4 is 28.1 Å². The van der Waals surface area contributed by atoms with E-state index >= 15 is 0 Å². The Hall–Kier alpha value is -3.91. The van der Waals surface area contributed by atoms with Gasteiger partial charge in [-0.2, -0.15) is 0 Å². The van der Waals surface area contributed by atoms with Gasteiger partial charge in [0.2, 0.25) is 0 Å². The van der Waals surface area contributed by atoms with Crippen LogP contribution in [-0.4, -0.2) is 15.8 Å². The Bertz CT molecular complexity index is 1220. The van der Waals surface area contributed by atoms with E-state index in [0.29, 0.717) is 16.4 Å². The molecular weight excluding hydrogens is 405 g/mol. The lowest BCUT2D eigenvalue weighted by Gasteiger charge is -2.02. The molecule has 0 saturated heterocycles. The fourth-order valence-corrected chi connectivity index (χ4v) is 3.88. The summed E-state index contributed by atoms with van der Waals surface area (Å²) >= 11 is 1.27. The fourth-order valence-electron chi connectivity index (χ4n) is 2.89. The second-order valence-electron chi connectivity index (χ2n) is 6.33. The Labute approximate surface area is 174 Å². The van der Waals surface area contributed by atoms with Gasteiger partial charge in [0, 0.05) is 23.3 Å². The Morgan fingerprint density at radius 1 is 0.967 bits per heavy atom. The number of nitrogens with one attached hydrogen (secondary N) is 1. The fraction of sp³-hybridized carbons (Fsp3) is 0. The number of hydrogen-bond donors (Lipinski definition) is 1. The maximum Gasteiger partial charge on any atom is 0.270 e. The summed E-state index contributed by atoms with van der Waals surface area (Å²) in [6.45, 7) is 0. The molecule has 148 valence electrons. The van der Waals surface area contributed by atoms with Crippen molar-refractivity contribution in [2.24, 2.45) is 0 Å². The van der Waals surface area contributed by atoms with Crippen LogP contribution in [0.2, 0.25) is 0 Å². The van der Waals surface area contributed by atoms with Crippen LogP contribution in [0.3, 0.4) is 0 Å². The molecule has 4 aromatic rings. The van der Waals surface area contributed by atoms with Gasteiger partial charge in [-0.05, 0) is 35.9 Å². The van der Waals surface area contributed by atoms with Crippen molar-refractivity contribution in [2.75, 3.05) is 5.32 Å². The summed E-state index contributed by atoms with van der Waals surface area (Å²) in [7, 11) is 0. The molecule has 30 heavy (non-hydrogen) atoms. The molecule has 0 radical (unpaired) electrons. The van der Waals surface area contributed by atoms with Gasteiger partial charge in [0.25, 0.3) is 11.6 Å². The first-order valence-electron chi connectivity index (χ1n) is 8.89. The van der Waals surface area contributed by atoms with Crippen LogP contribution in [-0.2, 0) is 0 Å². The van der Waals surface area contributed by atoms with Crippen LogP contribution in [0.4, 0.5) is 15.2 Å². The number of aromatic nitrogens is 1. The molecule has 1 heterocycles. The number of rotatable bonds is 5. The topological polar surface area (TPSA) is 85.1 Å². The Morgan fingerprint density at radius 3 is 2.40 bits per heavy atom. The number of carbonyl (C=O) groups excluding carboxylic acids is 1. The highest BCUT2D eigenvalue weighted by Gasteiger charge is 2.18. The molecule has 0 aliphatic rings. The lowest BCUT2D eigenvalue weighted by atomic mass is 10.1. The maximum atomic E-state index is 13.4. The zero-order chi connectivity index (χ0) is 21.1. The van der Waals surface area contributed by atoms with E-state index < -0.39 is 10.8 Å². The monoisotopic (exact) mass is 419 g/mol. The Kier molecular flexibility index (Phi) is 5.32. The average molecular weight is 419 g/mol. The van der Waals surface area contributed by atoms with E-state index in [9.17, 15) is 19.3 Å². The number of non-ortho nitro benzene ring substituents is 1. The summed E-state index contributed by atoms with van der Waals surface area (Å²) in [5.41, 5.74) is 2.22. The molecule has 0 fully saturated rings. The highest BCUT2D eigenvalue weighted by atomic mass is 32.1. The van der Waals surface area contributed by atoms with Gasteiger partial charge in [0.15, 0.2) is 5.13 Å². The van der Waals surface area contributed by atoms with Gasteiger partial charge in [-0.15, -0.1) is 0 Å². The molecule has 4 rings (SSSR count). The summed E-state index contributed by atoms with van der Waals surface area (Å²) in [6.07, 6.45) is 0. The minimum atomic E-state index is -0.555. The predicted octanol–water partition coefficient (Wildman–Crippen LogP) is 5.78.